The van der Waals surface area contributed by atoms with E-state index in [1.54, 1.807) is 0 Å². The van der Waals surface area contributed by atoms with Gasteiger partial charge in [0, 0.05) is 5.56 Å². The highest BCUT2D eigenvalue weighted by Gasteiger charge is 2.58. The van der Waals surface area contributed by atoms with Crippen LogP contribution in [0.3, 0.4) is 0 Å². The number of benzene rings is 2. The molecule has 3 heterocycles. The van der Waals surface area contributed by atoms with Crippen molar-refractivity contribution in [3.63, 3.8) is 0 Å². The van der Waals surface area contributed by atoms with Gasteiger partial charge in [0.05, 0.1) is 13.2 Å². The Bertz CT molecular complexity index is 869. The largest absolute Gasteiger partial charge is 0.469 e. The Morgan fingerprint density at radius 1 is 0.966 bits per heavy atom. The summed E-state index contributed by atoms with van der Waals surface area (Å²) in [5.74, 6) is -0.0584. The van der Waals surface area contributed by atoms with E-state index in [1.807, 2.05) is 74.5 Å². The standard InChI is InChI=1S/C23H25NO5/c1-23(2)28-20-19(25-14-15-9-5-3-6-10-15)18(27-22(20)29-23)17-13-24-21(26-17)16-11-7-4-8-12-16/h3-12,17-20,22H,13-14H2,1-2H3/t17-,18+,19-,20+,22+/m0/s1. The molecule has 152 valence electrons. The van der Waals surface area contributed by atoms with Gasteiger partial charge in [0.25, 0.3) is 0 Å². The number of hydrogen-bond acceptors (Lipinski definition) is 6. The van der Waals surface area contributed by atoms with Crippen molar-refractivity contribution in [2.75, 3.05) is 6.54 Å². The zero-order chi connectivity index (χ0) is 19.8. The Kier molecular flexibility index (Phi) is 4.87. The van der Waals surface area contributed by atoms with Crippen LogP contribution >= 0.6 is 0 Å². The molecule has 5 atom stereocenters. The lowest BCUT2D eigenvalue weighted by atomic mass is 10.1. The summed E-state index contributed by atoms with van der Waals surface area (Å²) in [6, 6.07) is 20.0. The molecule has 3 aliphatic rings. The number of aliphatic imine (C=N–C) groups is 1. The summed E-state index contributed by atoms with van der Waals surface area (Å²) >= 11 is 0. The van der Waals surface area contributed by atoms with E-state index >= 15 is 0 Å². The second-order valence-electron chi connectivity index (χ2n) is 8.00. The van der Waals surface area contributed by atoms with Gasteiger partial charge in [-0.05, 0) is 31.5 Å². The number of rotatable bonds is 5. The molecule has 0 saturated carbocycles. The average Bonchev–Trinajstić information content (AvgIpc) is 3.40. The second-order valence-corrected chi connectivity index (χ2v) is 8.00. The average molecular weight is 395 g/mol. The van der Waals surface area contributed by atoms with Crippen molar-refractivity contribution in [2.24, 2.45) is 4.99 Å². The molecule has 0 radical (unpaired) electrons. The van der Waals surface area contributed by atoms with Crippen LogP contribution in [0.25, 0.3) is 0 Å². The SMILES string of the molecule is CC1(C)O[C@H]2O[C@H]([C@@H]3CN=C(c4ccccc4)O3)[C@H](OCc3ccccc3)[C@H]2O1. The van der Waals surface area contributed by atoms with E-state index in [1.165, 1.54) is 0 Å². The van der Waals surface area contributed by atoms with Gasteiger partial charge in [0.2, 0.25) is 5.90 Å². The van der Waals surface area contributed by atoms with E-state index in [4.69, 9.17) is 23.7 Å². The molecule has 2 saturated heterocycles. The molecule has 6 heteroatoms. The van der Waals surface area contributed by atoms with Gasteiger partial charge in [0.1, 0.15) is 24.4 Å². The molecule has 0 aromatic heterocycles. The lowest BCUT2D eigenvalue weighted by Gasteiger charge is -2.28. The Hall–Kier alpha value is -2.25. The van der Waals surface area contributed by atoms with Crippen LogP contribution in [-0.2, 0) is 30.3 Å². The van der Waals surface area contributed by atoms with Gasteiger partial charge < -0.3 is 23.7 Å². The predicted molar refractivity (Wildman–Crippen MR) is 106 cm³/mol. The zero-order valence-corrected chi connectivity index (χ0v) is 16.6. The molecule has 29 heavy (non-hydrogen) atoms. The summed E-state index contributed by atoms with van der Waals surface area (Å²) in [5.41, 5.74) is 2.06. The summed E-state index contributed by atoms with van der Waals surface area (Å²) in [6.45, 7) is 4.77. The quantitative estimate of drug-likeness (QED) is 0.778. The minimum Gasteiger partial charge on any atom is -0.469 e. The van der Waals surface area contributed by atoms with Crippen molar-refractivity contribution in [2.45, 2.75) is 56.9 Å². The number of fused-ring (bicyclic) bond motifs is 1. The third-order valence-electron chi connectivity index (χ3n) is 5.38. The van der Waals surface area contributed by atoms with Crippen LogP contribution in [0.4, 0.5) is 0 Å². The molecule has 2 fully saturated rings. The zero-order valence-electron chi connectivity index (χ0n) is 16.6. The molecule has 0 spiro atoms. The lowest BCUT2D eigenvalue weighted by Crippen LogP contribution is -2.44. The summed E-state index contributed by atoms with van der Waals surface area (Å²) in [4.78, 5) is 4.58. The van der Waals surface area contributed by atoms with E-state index in [0.717, 1.165) is 11.1 Å². The monoisotopic (exact) mass is 395 g/mol. The maximum atomic E-state index is 6.30. The van der Waals surface area contributed by atoms with E-state index < -0.39 is 12.1 Å². The molecular formula is C23H25NO5. The summed E-state index contributed by atoms with van der Waals surface area (Å²) in [7, 11) is 0. The first-order chi connectivity index (χ1) is 14.1. The van der Waals surface area contributed by atoms with Crippen molar-refractivity contribution in [3.05, 3.63) is 71.8 Å². The predicted octanol–water partition coefficient (Wildman–Crippen LogP) is 3.29. The van der Waals surface area contributed by atoms with E-state index in [-0.39, 0.29) is 24.4 Å². The second kappa shape index (κ2) is 7.54. The first-order valence-electron chi connectivity index (χ1n) is 10.0. The topological polar surface area (TPSA) is 58.5 Å². The molecule has 2 aromatic rings. The van der Waals surface area contributed by atoms with E-state index in [9.17, 15) is 0 Å². The highest BCUT2D eigenvalue weighted by atomic mass is 16.8. The van der Waals surface area contributed by atoms with Crippen LogP contribution in [0.5, 0.6) is 0 Å². The molecular weight excluding hydrogens is 370 g/mol. The summed E-state index contributed by atoms with van der Waals surface area (Å²) in [5, 5.41) is 0. The van der Waals surface area contributed by atoms with Gasteiger partial charge in [0.15, 0.2) is 12.1 Å². The lowest BCUT2D eigenvalue weighted by molar-refractivity contribution is -0.227. The summed E-state index contributed by atoms with van der Waals surface area (Å²) in [6.07, 6.45) is -1.65. The molecule has 3 aliphatic heterocycles. The van der Waals surface area contributed by atoms with Crippen LogP contribution in [-0.4, -0.2) is 48.9 Å². The van der Waals surface area contributed by atoms with Gasteiger partial charge in [-0.2, -0.15) is 0 Å². The Morgan fingerprint density at radius 2 is 1.69 bits per heavy atom. The molecule has 0 unspecified atom stereocenters. The van der Waals surface area contributed by atoms with Crippen LogP contribution in [0.1, 0.15) is 25.0 Å². The van der Waals surface area contributed by atoms with Gasteiger partial charge in [-0.25, -0.2) is 4.99 Å². The van der Waals surface area contributed by atoms with Crippen LogP contribution < -0.4 is 0 Å². The number of ether oxygens (including phenoxy) is 5. The van der Waals surface area contributed by atoms with E-state index in [2.05, 4.69) is 4.99 Å². The highest BCUT2D eigenvalue weighted by Crippen LogP contribution is 2.41. The molecule has 0 N–H and O–H groups in total. The summed E-state index contributed by atoms with van der Waals surface area (Å²) < 4.78 is 30.7. The van der Waals surface area contributed by atoms with Crippen molar-refractivity contribution >= 4 is 5.90 Å². The van der Waals surface area contributed by atoms with Crippen molar-refractivity contribution in [3.8, 4) is 0 Å². The molecule has 5 rings (SSSR count). The fraction of sp³-hybridized carbons (Fsp3) is 0.435. The smallest absolute Gasteiger partial charge is 0.216 e. The minimum atomic E-state index is -0.698. The van der Waals surface area contributed by atoms with Gasteiger partial charge >= 0.3 is 0 Å². The maximum Gasteiger partial charge on any atom is 0.216 e. The first kappa shape index (κ1) is 18.8. The number of hydrogen-bond donors (Lipinski definition) is 0. The van der Waals surface area contributed by atoms with Gasteiger partial charge in [-0.15, -0.1) is 0 Å². The van der Waals surface area contributed by atoms with Crippen LogP contribution in [0.15, 0.2) is 65.7 Å². The normalized spacial score (nSPS) is 32.6. The van der Waals surface area contributed by atoms with Crippen LogP contribution in [0.2, 0.25) is 0 Å². The first-order valence-corrected chi connectivity index (χ1v) is 10.0. The van der Waals surface area contributed by atoms with Crippen molar-refractivity contribution in [1.29, 1.82) is 0 Å². The Balaban J connectivity index is 1.31. The van der Waals surface area contributed by atoms with Crippen molar-refractivity contribution < 1.29 is 23.7 Å². The fourth-order valence-corrected chi connectivity index (χ4v) is 4.06. The Labute approximate surface area is 170 Å². The molecule has 0 aliphatic carbocycles. The van der Waals surface area contributed by atoms with Gasteiger partial charge in [-0.1, -0.05) is 48.5 Å². The third-order valence-corrected chi connectivity index (χ3v) is 5.38. The highest BCUT2D eigenvalue weighted by molar-refractivity contribution is 5.95. The third kappa shape index (κ3) is 3.81. The minimum absolute atomic E-state index is 0.244. The number of nitrogens with zero attached hydrogens (tertiary/aromatic N) is 1. The Morgan fingerprint density at radius 3 is 2.45 bits per heavy atom. The molecule has 0 amide bonds. The molecule has 2 aromatic carbocycles. The van der Waals surface area contributed by atoms with Crippen molar-refractivity contribution in [1.82, 2.24) is 0 Å². The van der Waals surface area contributed by atoms with E-state index in [0.29, 0.717) is 19.0 Å². The molecule has 0 bridgehead atoms. The van der Waals surface area contributed by atoms with Gasteiger partial charge in [-0.3, -0.25) is 0 Å². The molecule has 6 nitrogen and oxygen atoms in total. The maximum absolute atomic E-state index is 6.30. The van der Waals surface area contributed by atoms with Crippen LogP contribution in [0, 0.1) is 0 Å². The fourth-order valence-electron chi connectivity index (χ4n) is 4.06.